The lowest BCUT2D eigenvalue weighted by Gasteiger charge is -2.40. The highest BCUT2D eigenvalue weighted by Crippen LogP contribution is 2.71. The summed E-state index contributed by atoms with van der Waals surface area (Å²) in [5, 5.41) is 104. The molecule has 22 nitrogen and oxygen atoms in total. The Labute approximate surface area is 562 Å². The van der Waals surface area contributed by atoms with E-state index >= 15 is 0 Å². The van der Waals surface area contributed by atoms with Gasteiger partial charge in [0, 0.05) is 76.0 Å². The van der Waals surface area contributed by atoms with Crippen LogP contribution in [0.1, 0.15) is 73.8 Å². The lowest BCUT2D eigenvalue weighted by Crippen LogP contribution is -2.52. The van der Waals surface area contributed by atoms with Crippen LogP contribution in [0, 0.1) is 29.1 Å². The summed E-state index contributed by atoms with van der Waals surface area (Å²) in [5.41, 5.74) is -5.57. The van der Waals surface area contributed by atoms with Gasteiger partial charge in [-0.15, -0.1) is 0 Å². The molecule has 3 aliphatic heterocycles. The van der Waals surface area contributed by atoms with Crippen LogP contribution in [-0.4, -0.2) is 139 Å². The quantitative estimate of drug-likeness (QED) is 0.0794. The molecule has 3 fully saturated rings. The number of aliphatic hydroxyl groups excluding tert-OH is 3. The summed E-state index contributed by atoms with van der Waals surface area (Å²) >= 11 is 6.88. The van der Waals surface area contributed by atoms with Crippen molar-refractivity contribution in [3.8, 4) is 23.3 Å². The first-order valence-corrected chi connectivity index (χ1v) is 32.1. The van der Waals surface area contributed by atoms with Crippen LogP contribution in [0.2, 0.25) is 0 Å². The number of carboxylic acids is 1. The Hall–Kier alpha value is -9.03. The number of aryl methyl sites for hydroxylation is 3. The van der Waals surface area contributed by atoms with E-state index in [1.807, 2.05) is 91.0 Å². The second-order valence-electron chi connectivity index (χ2n) is 25.4. The number of carbonyl (C=O) groups excluding carboxylic acids is 2. The Bertz CT molecular complexity index is 4480. The van der Waals surface area contributed by atoms with Crippen molar-refractivity contribution in [1.82, 2.24) is 39.1 Å². The Balaban J connectivity index is 0.000000129. The van der Waals surface area contributed by atoms with E-state index in [0.29, 0.717) is 45.1 Å². The van der Waals surface area contributed by atoms with Crippen LogP contribution in [0.3, 0.4) is 0 Å². The number of hydrogen-bond donors (Lipinski definition) is 7. The molecule has 7 N–H and O–H groups in total. The van der Waals surface area contributed by atoms with Crippen molar-refractivity contribution in [3.05, 3.63) is 247 Å². The molecule has 488 valence electrons. The predicted molar refractivity (Wildman–Crippen MR) is 349 cm³/mol. The lowest BCUT2D eigenvalue weighted by molar-refractivity contribution is -0.161. The molecule has 6 aromatic carbocycles. The van der Waals surface area contributed by atoms with Gasteiger partial charge in [-0.25, -0.2) is 0 Å². The van der Waals surface area contributed by atoms with E-state index in [9.17, 15) is 55.4 Å². The van der Waals surface area contributed by atoms with Crippen LogP contribution in [0.15, 0.2) is 191 Å². The molecule has 15 rings (SSSR count). The smallest absolute Gasteiger partial charge is 0.310 e. The van der Waals surface area contributed by atoms with Crippen molar-refractivity contribution in [3.63, 3.8) is 0 Å². The number of carbonyl (C=O) groups is 3. The van der Waals surface area contributed by atoms with Crippen molar-refractivity contribution < 1.29 is 64.3 Å². The van der Waals surface area contributed by atoms with Crippen LogP contribution < -0.4 is 14.2 Å². The molecule has 95 heavy (non-hydrogen) atoms. The highest BCUT2D eigenvalue weighted by Gasteiger charge is 2.81. The molecule has 24 heteroatoms. The van der Waals surface area contributed by atoms with Crippen LogP contribution in [0.4, 0.5) is 0 Å². The van der Waals surface area contributed by atoms with Crippen LogP contribution in [0.25, 0.3) is 0 Å². The number of aliphatic hydroxyl groups is 6. The number of amides is 2. The maximum absolute atomic E-state index is 13.4. The van der Waals surface area contributed by atoms with Crippen LogP contribution >= 0.6 is 31.9 Å². The van der Waals surface area contributed by atoms with Crippen molar-refractivity contribution in [2.75, 3.05) is 28.2 Å². The summed E-state index contributed by atoms with van der Waals surface area (Å²) in [6.45, 7) is 0. The van der Waals surface area contributed by atoms with E-state index in [1.165, 1.54) is 19.2 Å². The normalized spacial score (nSPS) is 30.6. The topological polar surface area (TPSA) is 304 Å². The SMILES string of the molecule is CN(C)C(=O)[C@H]1[C@@H](O)[C@@]2(O)c3nn(C)cc3O[C@@]2(c2ccc(Br)cc2)[C@@H]1c1ccccc1.CN(C)C(=O)[C@H]1[C@@H](O)[C@@]2(O)c3nn(C)cc3O[C@@]2(c2ccc(C#N)cc2)[C@@H]1c1ccccc1.Cn1cc2c(n1)[C@]1(O)[C@H](O)[C@H](C(=O)O)[C@@H](c3ccccc3)[C@]1(c1ccc(Br)cc1)O2. The van der Waals surface area contributed by atoms with E-state index in [2.05, 4.69) is 53.2 Å². The Morgan fingerprint density at radius 1 is 0.463 bits per heavy atom. The standard InChI is InChI=1S/C25H24N4O4.C24H24BrN3O4.C22H19BrN2O5/c1-28(2)23(31)19-20(16-7-5-4-6-8-16)25(17-11-9-15(13-26)10-12-17)24(32,22(19)30)21-18(33-25)14-29(3)27-21;1-27(2)22(30)18-19(14-7-5-4-6-8-14)24(15-9-11-16(25)12-10-15)23(31,21(18)29)20-17(32-24)13-28(3)26-20;1-25-11-15-18(24-25)21(29)19(26)16(20(27)28)17(12-5-3-2-4-6-12)22(21,30-15)13-7-9-14(23)10-8-13/h4-12,14,19-20,22,30,32H,1-3H3;4-13,18-19,21,29,31H,1-3H3;2-11,16-17,19,26,29H,1H3,(H,27,28)/t19-,20-,22-,24+,25+;18-,19-,21-,23+,24+;16-,17-,19-,21+,22+/m111/s1. The van der Waals surface area contributed by atoms with E-state index in [-0.39, 0.29) is 28.9 Å². The number of carboxylic acid groups (broad SMARTS) is 1. The molecule has 3 aliphatic carbocycles. The van der Waals surface area contributed by atoms with Gasteiger partial charge >= 0.3 is 5.97 Å². The number of fused-ring (bicyclic) bond motifs is 9. The molecule has 15 atom stereocenters. The number of nitriles is 1. The molecule has 6 aliphatic rings. The van der Waals surface area contributed by atoms with Gasteiger partial charge in [-0.05, 0) is 69.8 Å². The largest absolute Gasteiger partial charge is 0.481 e. The second-order valence-corrected chi connectivity index (χ2v) is 27.3. The summed E-state index contributed by atoms with van der Waals surface area (Å²) in [5.74, 6) is -6.28. The average molecular weight is 1410 g/mol. The van der Waals surface area contributed by atoms with Gasteiger partial charge in [0.2, 0.25) is 11.8 Å². The number of rotatable bonds is 9. The van der Waals surface area contributed by atoms with Gasteiger partial charge in [0.15, 0.2) is 50.9 Å². The van der Waals surface area contributed by atoms with Crippen molar-refractivity contribution in [2.45, 2.75) is 69.7 Å². The lowest BCUT2D eigenvalue weighted by atomic mass is 9.71. The molecule has 6 heterocycles. The average Bonchev–Trinajstić information content (AvgIpc) is 1.51. The third kappa shape index (κ3) is 9.14. The molecule has 0 radical (unpaired) electrons. The summed E-state index contributed by atoms with van der Waals surface area (Å²) in [4.78, 5) is 42.1. The van der Waals surface area contributed by atoms with Crippen molar-refractivity contribution in [1.29, 1.82) is 5.26 Å². The Kier molecular flexibility index (Phi) is 15.9. The zero-order valence-corrected chi connectivity index (χ0v) is 55.5. The van der Waals surface area contributed by atoms with E-state index in [0.717, 1.165) is 20.1 Å². The number of halogens is 2. The first-order chi connectivity index (χ1) is 45.3. The van der Waals surface area contributed by atoms with Gasteiger partial charge in [-0.3, -0.25) is 28.4 Å². The minimum Gasteiger partial charge on any atom is -0.481 e. The highest BCUT2D eigenvalue weighted by molar-refractivity contribution is 9.10. The Morgan fingerprint density at radius 2 is 0.737 bits per heavy atom. The molecule has 9 aromatic rings. The fourth-order valence-corrected chi connectivity index (χ4v) is 16.6. The molecule has 3 aromatic heterocycles. The van der Waals surface area contributed by atoms with Crippen molar-refractivity contribution >= 4 is 49.6 Å². The zero-order valence-electron chi connectivity index (χ0n) is 52.4. The van der Waals surface area contributed by atoms with Gasteiger partial charge in [0.05, 0.1) is 48.0 Å². The number of hydrogen-bond acceptors (Lipinski definition) is 16. The second kappa shape index (κ2) is 23.4. The highest BCUT2D eigenvalue weighted by atomic mass is 79.9. The third-order valence-corrected chi connectivity index (χ3v) is 20.9. The monoisotopic (exact) mass is 1410 g/mol. The maximum atomic E-state index is 13.4. The summed E-state index contributed by atoms with van der Waals surface area (Å²) < 4.78 is 25.8. The minimum absolute atomic E-state index is 0.144. The van der Waals surface area contributed by atoms with Crippen LogP contribution in [-0.2, 0) is 69.1 Å². The fourth-order valence-electron chi connectivity index (χ4n) is 16.1. The first-order valence-electron chi connectivity index (χ1n) is 30.5. The van der Waals surface area contributed by atoms with Gasteiger partial charge in [0.25, 0.3) is 0 Å². The molecule has 2 amide bonds. The van der Waals surface area contributed by atoms with Gasteiger partial charge in [-0.2, -0.15) is 20.6 Å². The number of aromatic nitrogens is 6. The van der Waals surface area contributed by atoms with E-state index in [4.69, 9.17) is 14.2 Å². The third-order valence-electron chi connectivity index (χ3n) is 19.9. The molecular weight excluding hydrogens is 1350 g/mol. The first kappa shape index (κ1) is 64.7. The Morgan fingerprint density at radius 3 is 1.01 bits per heavy atom. The van der Waals surface area contributed by atoms with E-state index < -0.39 is 93.4 Å². The molecule has 3 saturated carbocycles. The fraction of sp³-hybridized carbons (Fsp3) is 0.310. The van der Waals surface area contributed by atoms with Gasteiger partial charge in [-0.1, -0.05) is 159 Å². The van der Waals surface area contributed by atoms with E-state index in [1.54, 1.807) is 145 Å². The summed E-state index contributed by atoms with van der Waals surface area (Å²) in [7, 11) is 11.6. The molecular formula is C71H67Br2N9O13. The van der Waals surface area contributed by atoms with Gasteiger partial charge < -0.3 is 59.8 Å². The zero-order chi connectivity index (χ0) is 67.6. The minimum atomic E-state index is -2.05. The molecule has 0 spiro atoms. The summed E-state index contributed by atoms with van der Waals surface area (Å²) in [6, 6.07) is 51.1. The number of aliphatic carboxylic acids is 1. The predicted octanol–water partition coefficient (Wildman–Crippen LogP) is 6.67. The number of ether oxygens (including phenoxy) is 3. The van der Waals surface area contributed by atoms with Gasteiger partial charge in [0.1, 0.15) is 35.4 Å². The maximum Gasteiger partial charge on any atom is 0.310 e. The van der Waals surface area contributed by atoms with Crippen molar-refractivity contribution in [2.24, 2.45) is 38.9 Å². The molecule has 0 saturated heterocycles. The summed E-state index contributed by atoms with van der Waals surface area (Å²) in [6.07, 6.45) is 0.376. The number of nitrogens with zero attached hydrogens (tertiary/aromatic N) is 9. The van der Waals surface area contributed by atoms with Crippen LogP contribution in [0.5, 0.6) is 17.2 Å². The molecule has 0 bridgehead atoms. The molecule has 0 unspecified atom stereocenters. The number of benzene rings is 6.